The number of hydrogen-bond donors (Lipinski definition) is 1. The van der Waals surface area contributed by atoms with Crippen molar-refractivity contribution in [2.24, 2.45) is 5.73 Å². The maximum absolute atomic E-state index is 6.26. The zero-order valence-electron chi connectivity index (χ0n) is 10.3. The minimum absolute atomic E-state index is 0.503. The molecular weight excluding hydrogens is 246 g/mol. The summed E-state index contributed by atoms with van der Waals surface area (Å²) in [4.78, 5) is 0. The Morgan fingerprint density at radius 3 is 2.39 bits per heavy atom. The number of benzene rings is 2. The fourth-order valence-corrected chi connectivity index (χ4v) is 2.13. The van der Waals surface area contributed by atoms with E-state index in [1.54, 1.807) is 0 Å². The highest BCUT2D eigenvalue weighted by Crippen LogP contribution is 2.29. The number of halogens is 1. The molecule has 0 fully saturated rings. The maximum Gasteiger partial charge on any atom is 0.119 e. The fraction of sp³-hybridized carbons (Fsp3) is 0.200. The van der Waals surface area contributed by atoms with Gasteiger partial charge in [-0.25, -0.2) is 0 Å². The predicted molar refractivity (Wildman–Crippen MR) is 75.9 cm³/mol. The molecule has 0 unspecified atom stereocenters. The molecule has 0 radical (unpaired) electrons. The highest BCUT2D eigenvalue weighted by molar-refractivity contribution is 6.33. The molecule has 0 amide bonds. The van der Waals surface area contributed by atoms with Crippen LogP contribution in [0.1, 0.15) is 12.5 Å². The van der Waals surface area contributed by atoms with Crippen molar-refractivity contribution in [2.45, 2.75) is 13.5 Å². The number of rotatable bonds is 4. The van der Waals surface area contributed by atoms with Gasteiger partial charge >= 0.3 is 0 Å². The predicted octanol–water partition coefficient (Wildman–Crippen LogP) is 3.86. The zero-order valence-corrected chi connectivity index (χ0v) is 11.1. The van der Waals surface area contributed by atoms with Crippen LogP contribution < -0.4 is 10.5 Å². The minimum atomic E-state index is 0.503. The first-order valence-electron chi connectivity index (χ1n) is 5.96. The van der Waals surface area contributed by atoms with E-state index in [2.05, 4.69) is 0 Å². The van der Waals surface area contributed by atoms with Gasteiger partial charge in [0.25, 0.3) is 0 Å². The van der Waals surface area contributed by atoms with E-state index in [0.717, 1.165) is 27.5 Å². The Balaban J connectivity index is 2.30. The first kappa shape index (κ1) is 12.9. The van der Waals surface area contributed by atoms with E-state index >= 15 is 0 Å². The van der Waals surface area contributed by atoms with Crippen LogP contribution in [0.4, 0.5) is 0 Å². The van der Waals surface area contributed by atoms with E-state index in [9.17, 15) is 0 Å². The molecule has 3 heteroatoms. The van der Waals surface area contributed by atoms with Crippen LogP contribution in [0.5, 0.6) is 5.75 Å². The lowest BCUT2D eigenvalue weighted by molar-refractivity contribution is 0.340. The Hall–Kier alpha value is -1.51. The molecule has 18 heavy (non-hydrogen) atoms. The van der Waals surface area contributed by atoms with E-state index in [-0.39, 0.29) is 0 Å². The Bertz CT molecular complexity index is 523. The lowest BCUT2D eigenvalue weighted by Gasteiger charge is -2.08. The number of ether oxygens (including phenoxy) is 1. The van der Waals surface area contributed by atoms with Crippen molar-refractivity contribution in [2.75, 3.05) is 6.61 Å². The third kappa shape index (κ3) is 2.84. The van der Waals surface area contributed by atoms with Crippen LogP contribution in [-0.4, -0.2) is 6.61 Å². The van der Waals surface area contributed by atoms with E-state index in [1.807, 2.05) is 49.4 Å². The van der Waals surface area contributed by atoms with Crippen molar-refractivity contribution in [3.05, 3.63) is 53.1 Å². The summed E-state index contributed by atoms with van der Waals surface area (Å²) in [5, 5.41) is 0.724. The van der Waals surface area contributed by atoms with Crippen molar-refractivity contribution in [3.8, 4) is 16.9 Å². The Kier molecular flexibility index (Phi) is 4.24. The minimum Gasteiger partial charge on any atom is -0.494 e. The Labute approximate surface area is 112 Å². The van der Waals surface area contributed by atoms with Crippen molar-refractivity contribution in [1.82, 2.24) is 0 Å². The molecule has 2 nitrogen and oxygen atoms in total. The first-order chi connectivity index (χ1) is 8.74. The molecule has 0 aliphatic carbocycles. The second-order valence-electron chi connectivity index (χ2n) is 3.98. The smallest absolute Gasteiger partial charge is 0.119 e. The molecule has 0 atom stereocenters. The number of nitrogens with two attached hydrogens (primary N) is 1. The summed E-state index contributed by atoms with van der Waals surface area (Å²) in [6.45, 7) is 3.14. The second-order valence-corrected chi connectivity index (χ2v) is 4.38. The van der Waals surface area contributed by atoms with Crippen molar-refractivity contribution in [1.29, 1.82) is 0 Å². The molecule has 0 aliphatic rings. The van der Waals surface area contributed by atoms with Gasteiger partial charge in [-0.1, -0.05) is 35.9 Å². The van der Waals surface area contributed by atoms with Gasteiger partial charge in [0.15, 0.2) is 0 Å². The van der Waals surface area contributed by atoms with E-state index in [1.165, 1.54) is 0 Å². The molecule has 0 bridgehead atoms. The molecule has 0 aromatic heterocycles. The van der Waals surface area contributed by atoms with E-state index in [0.29, 0.717) is 13.2 Å². The largest absolute Gasteiger partial charge is 0.494 e. The van der Waals surface area contributed by atoms with Gasteiger partial charge in [-0.05, 0) is 36.2 Å². The van der Waals surface area contributed by atoms with Gasteiger partial charge in [0.1, 0.15) is 5.75 Å². The van der Waals surface area contributed by atoms with Gasteiger partial charge in [-0.15, -0.1) is 0 Å². The third-order valence-electron chi connectivity index (χ3n) is 2.75. The maximum atomic E-state index is 6.26. The molecule has 0 aliphatic heterocycles. The average molecular weight is 262 g/mol. The van der Waals surface area contributed by atoms with Crippen LogP contribution >= 0.6 is 11.6 Å². The van der Waals surface area contributed by atoms with Crippen molar-refractivity contribution >= 4 is 11.6 Å². The number of hydrogen-bond acceptors (Lipinski definition) is 2. The summed E-state index contributed by atoms with van der Waals surface area (Å²) in [6, 6.07) is 13.8. The summed E-state index contributed by atoms with van der Waals surface area (Å²) in [6.07, 6.45) is 0. The molecule has 0 spiro atoms. The molecule has 0 saturated heterocycles. The summed E-state index contributed by atoms with van der Waals surface area (Å²) < 4.78 is 5.41. The van der Waals surface area contributed by atoms with Crippen LogP contribution in [0, 0.1) is 0 Å². The molecule has 94 valence electrons. The van der Waals surface area contributed by atoms with Crippen molar-refractivity contribution in [3.63, 3.8) is 0 Å². The average Bonchev–Trinajstić information content (AvgIpc) is 2.40. The molecule has 0 heterocycles. The van der Waals surface area contributed by atoms with E-state index in [4.69, 9.17) is 22.1 Å². The molecule has 2 aromatic carbocycles. The second kappa shape index (κ2) is 5.89. The quantitative estimate of drug-likeness (QED) is 0.907. The Morgan fingerprint density at radius 2 is 1.83 bits per heavy atom. The van der Waals surface area contributed by atoms with Crippen LogP contribution in [0.25, 0.3) is 11.1 Å². The topological polar surface area (TPSA) is 35.2 Å². The van der Waals surface area contributed by atoms with Crippen LogP contribution in [0.3, 0.4) is 0 Å². The normalized spacial score (nSPS) is 10.4. The first-order valence-corrected chi connectivity index (χ1v) is 6.34. The highest BCUT2D eigenvalue weighted by Gasteiger charge is 2.04. The molecule has 2 rings (SSSR count). The van der Waals surface area contributed by atoms with E-state index < -0.39 is 0 Å². The van der Waals surface area contributed by atoms with Crippen LogP contribution in [-0.2, 0) is 6.54 Å². The van der Waals surface area contributed by atoms with Gasteiger partial charge in [0.05, 0.1) is 6.61 Å². The molecule has 2 aromatic rings. The van der Waals surface area contributed by atoms with Gasteiger partial charge in [0, 0.05) is 17.1 Å². The summed E-state index contributed by atoms with van der Waals surface area (Å²) >= 11 is 6.26. The van der Waals surface area contributed by atoms with Gasteiger partial charge in [0.2, 0.25) is 0 Å². The van der Waals surface area contributed by atoms with Gasteiger partial charge < -0.3 is 10.5 Å². The SMILES string of the molecule is CCOc1ccc(-c2ccc(CN)cc2Cl)cc1. The molecular formula is C15H16ClNO. The highest BCUT2D eigenvalue weighted by atomic mass is 35.5. The lowest BCUT2D eigenvalue weighted by Crippen LogP contribution is -1.96. The zero-order chi connectivity index (χ0) is 13.0. The summed E-state index contributed by atoms with van der Waals surface area (Å²) in [7, 11) is 0. The van der Waals surface area contributed by atoms with Crippen LogP contribution in [0.15, 0.2) is 42.5 Å². The molecule has 0 saturated carbocycles. The van der Waals surface area contributed by atoms with Gasteiger partial charge in [-0.2, -0.15) is 0 Å². The van der Waals surface area contributed by atoms with Gasteiger partial charge in [-0.3, -0.25) is 0 Å². The standard InChI is InChI=1S/C15H16ClNO/c1-2-18-13-6-4-12(5-7-13)14-8-3-11(10-17)9-15(14)16/h3-9H,2,10,17H2,1H3. The fourth-order valence-electron chi connectivity index (χ4n) is 1.82. The third-order valence-corrected chi connectivity index (χ3v) is 3.06. The molecule has 2 N–H and O–H groups in total. The monoisotopic (exact) mass is 261 g/mol. The Morgan fingerprint density at radius 1 is 1.11 bits per heavy atom. The van der Waals surface area contributed by atoms with Crippen molar-refractivity contribution < 1.29 is 4.74 Å². The summed E-state index contributed by atoms with van der Waals surface area (Å²) in [5.74, 6) is 0.871. The van der Waals surface area contributed by atoms with Crippen LogP contribution in [0.2, 0.25) is 5.02 Å². The lowest BCUT2D eigenvalue weighted by atomic mass is 10.0. The summed E-state index contributed by atoms with van der Waals surface area (Å²) in [5.41, 5.74) is 8.71.